The first-order valence-corrected chi connectivity index (χ1v) is 14.2. The van der Waals surface area contributed by atoms with E-state index in [1.54, 1.807) is 6.08 Å². The van der Waals surface area contributed by atoms with Gasteiger partial charge in [-0.05, 0) is 64.5 Å². The molecule has 0 saturated carbocycles. The number of esters is 1. The van der Waals surface area contributed by atoms with Gasteiger partial charge in [-0.1, -0.05) is 96.5 Å². The van der Waals surface area contributed by atoms with Crippen LogP contribution in [0.4, 0.5) is 5.69 Å². The van der Waals surface area contributed by atoms with Gasteiger partial charge in [0.25, 0.3) is 0 Å². The van der Waals surface area contributed by atoms with Gasteiger partial charge in [-0.15, -0.1) is 6.58 Å². The van der Waals surface area contributed by atoms with E-state index in [1.165, 1.54) is 6.42 Å². The molecule has 1 atom stereocenters. The fraction of sp³-hybridized carbons (Fsp3) is 0.400. The van der Waals surface area contributed by atoms with Crippen molar-refractivity contribution in [1.82, 2.24) is 4.90 Å². The summed E-state index contributed by atoms with van der Waals surface area (Å²) in [7, 11) is 0. The predicted octanol–water partition coefficient (Wildman–Crippen LogP) is 10.2. The molecular weight excluding hydrogens is 480 g/mol. The molecule has 1 aliphatic heterocycles. The maximum absolute atomic E-state index is 12.7. The minimum atomic E-state index is -0.983. The minimum Gasteiger partial charge on any atom is -0.442 e. The first-order valence-electron chi connectivity index (χ1n) is 14.2. The van der Waals surface area contributed by atoms with Gasteiger partial charge in [-0.25, -0.2) is 4.79 Å². The molecule has 3 rings (SSSR count). The van der Waals surface area contributed by atoms with Crippen LogP contribution in [0.25, 0.3) is 0 Å². The SMILES string of the molecule is C=C(C)N(CCCC)/C(C)=C/C1(/C=C(\C)Nc2ccccc2)OC(=O)c2ccccc21.C=CC.CC.CCC. The summed E-state index contributed by atoms with van der Waals surface area (Å²) in [6, 6.07) is 17.6. The molecular formula is C35H52N2O2. The summed E-state index contributed by atoms with van der Waals surface area (Å²) in [5.41, 5.74) is 4.33. The van der Waals surface area contributed by atoms with Gasteiger partial charge in [0.2, 0.25) is 0 Å². The van der Waals surface area contributed by atoms with E-state index in [0.717, 1.165) is 47.7 Å². The van der Waals surface area contributed by atoms with E-state index in [4.69, 9.17) is 4.74 Å². The highest BCUT2D eigenvalue weighted by Gasteiger charge is 2.43. The Morgan fingerprint density at radius 1 is 0.974 bits per heavy atom. The van der Waals surface area contributed by atoms with Crippen LogP contribution in [0.3, 0.4) is 0 Å². The number of nitrogens with zero attached hydrogens (tertiary/aromatic N) is 1. The number of para-hydroxylation sites is 1. The molecule has 214 valence electrons. The highest BCUT2D eigenvalue weighted by Crippen LogP contribution is 2.41. The molecule has 0 spiro atoms. The molecule has 0 amide bonds. The monoisotopic (exact) mass is 532 g/mol. The molecule has 1 aliphatic rings. The second kappa shape index (κ2) is 19.5. The van der Waals surface area contributed by atoms with Crippen molar-refractivity contribution in [2.45, 2.75) is 87.2 Å². The molecule has 0 radical (unpaired) electrons. The number of allylic oxidation sites excluding steroid dienone is 4. The molecule has 0 bridgehead atoms. The Morgan fingerprint density at radius 2 is 1.51 bits per heavy atom. The smallest absolute Gasteiger partial charge is 0.340 e. The number of ether oxygens (including phenoxy) is 1. The fourth-order valence-electron chi connectivity index (χ4n) is 4.00. The lowest BCUT2D eigenvalue weighted by atomic mass is 9.90. The van der Waals surface area contributed by atoms with E-state index in [2.05, 4.69) is 51.1 Å². The number of hydrogen-bond donors (Lipinski definition) is 1. The second-order valence-electron chi connectivity index (χ2n) is 9.19. The van der Waals surface area contributed by atoms with Gasteiger partial charge < -0.3 is 15.0 Å². The third-order valence-corrected chi connectivity index (χ3v) is 5.42. The Kier molecular flexibility index (Phi) is 17.8. The van der Waals surface area contributed by atoms with E-state index < -0.39 is 5.60 Å². The molecule has 1 N–H and O–H groups in total. The topological polar surface area (TPSA) is 41.6 Å². The van der Waals surface area contributed by atoms with Gasteiger partial charge in [-0.3, -0.25) is 0 Å². The van der Waals surface area contributed by atoms with Crippen LogP contribution in [-0.2, 0) is 10.3 Å². The highest BCUT2D eigenvalue weighted by molar-refractivity contribution is 5.95. The number of carbonyl (C=O) groups is 1. The third-order valence-electron chi connectivity index (χ3n) is 5.42. The Labute approximate surface area is 239 Å². The van der Waals surface area contributed by atoms with Crippen molar-refractivity contribution in [3.05, 3.63) is 114 Å². The zero-order chi connectivity index (χ0) is 29.8. The average molecular weight is 533 g/mol. The van der Waals surface area contributed by atoms with E-state index in [0.29, 0.717) is 5.56 Å². The van der Waals surface area contributed by atoms with Gasteiger partial charge in [0.1, 0.15) is 0 Å². The molecule has 2 aromatic carbocycles. The third kappa shape index (κ3) is 11.4. The summed E-state index contributed by atoms with van der Waals surface area (Å²) in [6.45, 7) is 26.7. The number of fused-ring (bicyclic) bond motifs is 1. The first kappa shape index (κ1) is 35.5. The first-order chi connectivity index (χ1) is 18.7. The van der Waals surface area contributed by atoms with Crippen molar-refractivity contribution < 1.29 is 9.53 Å². The molecule has 0 aromatic heterocycles. The largest absolute Gasteiger partial charge is 0.442 e. The van der Waals surface area contributed by atoms with E-state index in [9.17, 15) is 4.79 Å². The quantitative estimate of drug-likeness (QED) is 0.258. The van der Waals surface area contributed by atoms with Crippen molar-refractivity contribution in [3.8, 4) is 0 Å². The van der Waals surface area contributed by atoms with Crippen molar-refractivity contribution in [2.75, 3.05) is 11.9 Å². The summed E-state index contributed by atoms with van der Waals surface area (Å²) in [5, 5.41) is 3.41. The van der Waals surface area contributed by atoms with Crippen LogP contribution < -0.4 is 5.32 Å². The van der Waals surface area contributed by atoms with Gasteiger partial charge in [0, 0.05) is 34.9 Å². The average Bonchev–Trinajstić information content (AvgIpc) is 3.17. The summed E-state index contributed by atoms with van der Waals surface area (Å²) >= 11 is 0. The number of anilines is 1. The lowest BCUT2D eigenvalue weighted by Gasteiger charge is -2.30. The van der Waals surface area contributed by atoms with Gasteiger partial charge in [0.15, 0.2) is 5.60 Å². The maximum atomic E-state index is 12.7. The molecule has 1 unspecified atom stereocenters. The van der Waals surface area contributed by atoms with Gasteiger partial charge in [0.05, 0.1) is 5.56 Å². The van der Waals surface area contributed by atoms with Gasteiger partial charge >= 0.3 is 5.97 Å². The Hall–Kier alpha value is -3.53. The Morgan fingerprint density at radius 3 is 2.05 bits per heavy atom. The number of carbonyl (C=O) groups excluding carboxylic acids is 1. The number of unbranched alkanes of at least 4 members (excludes halogenated alkanes) is 1. The predicted molar refractivity (Wildman–Crippen MR) is 171 cm³/mol. The van der Waals surface area contributed by atoms with Crippen LogP contribution in [0, 0.1) is 0 Å². The minimum absolute atomic E-state index is 0.307. The molecule has 1 heterocycles. The highest BCUT2D eigenvalue weighted by atomic mass is 16.6. The van der Waals surface area contributed by atoms with Crippen molar-refractivity contribution in [3.63, 3.8) is 0 Å². The van der Waals surface area contributed by atoms with Crippen molar-refractivity contribution >= 4 is 11.7 Å². The fourth-order valence-corrected chi connectivity index (χ4v) is 4.00. The van der Waals surface area contributed by atoms with Crippen LogP contribution in [0.2, 0.25) is 0 Å². The number of nitrogens with one attached hydrogen (secondary N) is 1. The summed E-state index contributed by atoms with van der Waals surface area (Å²) < 4.78 is 6.04. The second-order valence-corrected chi connectivity index (χ2v) is 9.19. The Balaban J connectivity index is 0.00000162. The number of cyclic esters (lactones) is 1. The normalized spacial score (nSPS) is 15.6. The van der Waals surface area contributed by atoms with E-state index in [-0.39, 0.29) is 5.97 Å². The zero-order valence-corrected chi connectivity index (χ0v) is 25.9. The van der Waals surface area contributed by atoms with Crippen LogP contribution in [0.15, 0.2) is 103 Å². The molecule has 4 heteroatoms. The standard InChI is InChI=1S/C27H32N2O2.C3H8.C3H6.C2H6/c1-6-7-17-29(20(2)3)22(5)19-27(18-21(4)28-23-13-9-8-10-14-23)25-16-12-11-15-24(25)26(30)31-27;2*1-3-2;1-2/h8-16,18-19,28H,2,6-7,17H2,1,3-5H3;3H2,1-2H3;3H,1H2,2H3;1-2H3/b21-18+,22-19+;;;. The number of rotatable bonds is 9. The maximum Gasteiger partial charge on any atom is 0.340 e. The van der Waals surface area contributed by atoms with Crippen molar-refractivity contribution in [2.24, 2.45) is 0 Å². The molecule has 2 aromatic rings. The summed E-state index contributed by atoms with van der Waals surface area (Å²) in [5.74, 6) is -0.307. The lowest BCUT2D eigenvalue weighted by molar-refractivity contribution is 0.0289. The van der Waals surface area contributed by atoms with Crippen LogP contribution in [-0.4, -0.2) is 17.4 Å². The summed E-state index contributed by atoms with van der Waals surface area (Å²) in [4.78, 5) is 14.9. The molecule has 4 nitrogen and oxygen atoms in total. The zero-order valence-electron chi connectivity index (χ0n) is 25.9. The number of benzene rings is 2. The van der Waals surface area contributed by atoms with E-state index >= 15 is 0 Å². The van der Waals surface area contributed by atoms with Gasteiger partial charge in [-0.2, -0.15) is 0 Å². The van der Waals surface area contributed by atoms with Crippen LogP contribution in [0.5, 0.6) is 0 Å². The molecule has 0 saturated heterocycles. The summed E-state index contributed by atoms with van der Waals surface area (Å²) in [6.07, 6.45) is 9.19. The molecule has 0 fully saturated rings. The Bertz CT molecular complexity index is 1070. The molecule has 0 aliphatic carbocycles. The van der Waals surface area contributed by atoms with Crippen molar-refractivity contribution in [1.29, 1.82) is 0 Å². The molecule has 39 heavy (non-hydrogen) atoms. The van der Waals surface area contributed by atoms with Crippen LogP contribution in [0.1, 0.15) is 97.5 Å². The number of hydrogen-bond acceptors (Lipinski definition) is 4. The van der Waals surface area contributed by atoms with E-state index in [1.807, 2.05) is 101 Å². The van der Waals surface area contributed by atoms with Crippen LogP contribution >= 0.6 is 0 Å². The lowest BCUT2D eigenvalue weighted by Crippen LogP contribution is -2.27.